The molecule has 0 bridgehead atoms. The van der Waals surface area contributed by atoms with E-state index in [4.69, 9.17) is 16.3 Å². The van der Waals surface area contributed by atoms with E-state index in [1.807, 2.05) is 34.9 Å². The maximum Gasteiger partial charge on any atom is 0.234 e. The van der Waals surface area contributed by atoms with Gasteiger partial charge in [0.1, 0.15) is 5.75 Å². The molecule has 2 aromatic heterocycles. The van der Waals surface area contributed by atoms with E-state index in [1.54, 1.807) is 37.7 Å². The van der Waals surface area contributed by atoms with Crippen molar-refractivity contribution in [3.8, 4) is 22.8 Å². The maximum absolute atomic E-state index is 12.8. The second-order valence-electron chi connectivity index (χ2n) is 7.78. The summed E-state index contributed by atoms with van der Waals surface area (Å²) in [6.07, 6.45) is 3.47. The number of nitrogens with one attached hydrogen (secondary N) is 1. The minimum absolute atomic E-state index is 0.130. The summed E-state index contributed by atoms with van der Waals surface area (Å²) < 4.78 is 7.31. The lowest BCUT2D eigenvalue weighted by atomic mass is 10.0. The maximum atomic E-state index is 12.8. The third-order valence-electron chi connectivity index (χ3n) is 5.12. The molecule has 0 radical (unpaired) electrons. The smallest absolute Gasteiger partial charge is 0.234 e. The summed E-state index contributed by atoms with van der Waals surface area (Å²) in [5.41, 5.74) is 3.49. The van der Waals surface area contributed by atoms with Gasteiger partial charge in [-0.15, -0.1) is 10.2 Å². The molecule has 0 spiro atoms. The summed E-state index contributed by atoms with van der Waals surface area (Å²) in [6.45, 7) is 4.29. The van der Waals surface area contributed by atoms with Crippen molar-refractivity contribution >= 4 is 35.0 Å². The van der Waals surface area contributed by atoms with E-state index in [0.717, 1.165) is 16.8 Å². The Balaban J connectivity index is 1.65. The number of benzene rings is 2. The van der Waals surface area contributed by atoms with Crippen molar-refractivity contribution in [3.05, 3.63) is 77.6 Å². The van der Waals surface area contributed by atoms with E-state index in [1.165, 1.54) is 11.8 Å². The molecule has 174 valence electrons. The molecule has 0 saturated carbocycles. The van der Waals surface area contributed by atoms with Crippen LogP contribution in [0.1, 0.15) is 25.3 Å². The van der Waals surface area contributed by atoms with Gasteiger partial charge >= 0.3 is 0 Å². The van der Waals surface area contributed by atoms with Gasteiger partial charge in [0, 0.05) is 23.0 Å². The summed E-state index contributed by atoms with van der Waals surface area (Å²) in [7, 11) is 1.54. The molecule has 0 unspecified atom stereocenters. The number of methoxy groups -OCH3 is 1. The molecule has 1 N–H and O–H groups in total. The summed E-state index contributed by atoms with van der Waals surface area (Å²) in [6, 6.07) is 17.0. The van der Waals surface area contributed by atoms with Gasteiger partial charge in [-0.2, -0.15) is 0 Å². The number of rotatable bonds is 8. The number of halogens is 1. The molecule has 4 rings (SSSR count). The average molecular weight is 494 g/mol. The van der Waals surface area contributed by atoms with Gasteiger partial charge in [-0.05, 0) is 47.9 Å². The highest BCUT2D eigenvalue weighted by Crippen LogP contribution is 2.32. The SMILES string of the molecule is COc1ccc(Cl)cc1NC(=O)CSc1nnc(-c2cccnc2)n1-c1ccccc1C(C)C. The van der Waals surface area contributed by atoms with Crippen LogP contribution in [-0.2, 0) is 4.79 Å². The van der Waals surface area contributed by atoms with E-state index >= 15 is 0 Å². The Morgan fingerprint density at radius 3 is 2.71 bits per heavy atom. The summed E-state index contributed by atoms with van der Waals surface area (Å²) in [5, 5.41) is 12.8. The number of hydrogen-bond acceptors (Lipinski definition) is 6. The fourth-order valence-electron chi connectivity index (χ4n) is 3.54. The number of thioether (sulfide) groups is 1. The first-order chi connectivity index (χ1) is 16.5. The highest BCUT2D eigenvalue weighted by atomic mass is 35.5. The second-order valence-corrected chi connectivity index (χ2v) is 9.16. The van der Waals surface area contributed by atoms with Gasteiger partial charge in [-0.25, -0.2) is 0 Å². The number of pyridine rings is 1. The minimum atomic E-state index is -0.208. The fraction of sp³-hybridized carbons (Fsp3) is 0.200. The third-order valence-corrected chi connectivity index (χ3v) is 6.28. The van der Waals surface area contributed by atoms with Gasteiger partial charge in [0.25, 0.3) is 0 Å². The summed E-state index contributed by atoms with van der Waals surface area (Å²) in [4.78, 5) is 17.0. The molecule has 0 atom stereocenters. The molecular weight excluding hydrogens is 470 g/mol. The van der Waals surface area contributed by atoms with Gasteiger partial charge in [-0.1, -0.05) is 55.4 Å². The highest BCUT2D eigenvalue weighted by Gasteiger charge is 2.20. The lowest BCUT2D eigenvalue weighted by Gasteiger charge is -2.17. The van der Waals surface area contributed by atoms with Gasteiger partial charge in [0.2, 0.25) is 5.91 Å². The Bertz CT molecular complexity index is 1290. The molecule has 0 saturated heterocycles. The first-order valence-electron chi connectivity index (χ1n) is 10.7. The van der Waals surface area contributed by atoms with Crippen molar-refractivity contribution in [1.82, 2.24) is 19.7 Å². The number of nitrogens with zero attached hydrogens (tertiary/aromatic N) is 4. The topological polar surface area (TPSA) is 81.9 Å². The lowest BCUT2D eigenvalue weighted by Crippen LogP contribution is -2.15. The molecule has 0 aliphatic carbocycles. The number of anilines is 1. The summed E-state index contributed by atoms with van der Waals surface area (Å²) in [5.74, 6) is 1.42. The van der Waals surface area contributed by atoms with Crippen molar-refractivity contribution in [3.63, 3.8) is 0 Å². The molecule has 9 heteroatoms. The first kappa shape index (κ1) is 23.8. The van der Waals surface area contributed by atoms with Crippen LogP contribution in [0.5, 0.6) is 5.75 Å². The fourth-order valence-corrected chi connectivity index (χ4v) is 4.45. The number of hydrogen-bond donors (Lipinski definition) is 1. The normalized spacial score (nSPS) is 11.0. The van der Waals surface area contributed by atoms with Crippen LogP contribution in [-0.4, -0.2) is 38.5 Å². The van der Waals surface area contributed by atoms with Crippen LogP contribution in [0.2, 0.25) is 5.02 Å². The number of aromatic nitrogens is 4. The number of carbonyl (C=O) groups is 1. The van der Waals surface area contributed by atoms with Crippen molar-refractivity contribution in [1.29, 1.82) is 0 Å². The van der Waals surface area contributed by atoms with Crippen molar-refractivity contribution in [2.75, 3.05) is 18.2 Å². The molecule has 7 nitrogen and oxygen atoms in total. The Morgan fingerprint density at radius 2 is 1.97 bits per heavy atom. The minimum Gasteiger partial charge on any atom is -0.495 e. The molecule has 0 aliphatic heterocycles. The van der Waals surface area contributed by atoms with Gasteiger partial charge in [0.05, 0.1) is 24.2 Å². The number of amides is 1. The zero-order chi connectivity index (χ0) is 24.1. The number of carbonyl (C=O) groups excluding carboxylic acids is 1. The van der Waals surface area contributed by atoms with Crippen molar-refractivity contribution in [2.45, 2.75) is 24.9 Å². The van der Waals surface area contributed by atoms with Gasteiger partial charge < -0.3 is 10.1 Å². The zero-order valence-corrected chi connectivity index (χ0v) is 20.6. The monoisotopic (exact) mass is 493 g/mol. The molecule has 1 amide bonds. The molecule has 4 aromatic rings. The largest absolute Gasteiger partial charge is 0.495 e. The molecule has 0 fully saturated rings. The van der Waals surface area contributed by atoms with Gasteiger partial charge in [-0.3, -0.25) is 14.3 Å². The van der Waals surface area contributed by atoms with Crippen molar-refractivity contribution in [2.24, 2.45) is 0 Å². The van der Waals surface area contributed by atoms with Gasteiger partial charge in [0.15, 0.2) is 11.0 Å². The van der Waals surface area contributed by atoms with Crippen LogP contribution in [0.3, 0.4) is 0 Å². The Labute approximate surface area is 207 Å². The van der Waals surface area contributed by atoms with E-state index in [0.29, 0.717) is 27.4 Å². The van der Waals surface area contributed by atoms with E-state index in [9.17, 15) is 4.79 Å². The highest BCUT2D eigenvalue weighted by molar-refractivity contribution is 7.99. The van der Waals surface area contributed by atoms with E-state index in [2.05, 4.69) is 40.4 Å². The first-order valence-corrected chi connectivity index (χ1v) is 12.1. The Hall–Kier alpha value is -3.36. The third kappa shape index (κ3) is 5.24. The Kier molecular flexibility index (Phi) is 7.49. The number of para-hydroxylation sites is 1. The van der Waals surface area contributed by atoms with Crippen LogP contribution in [0.4, 0.5) is 5.69 Å². The quantitative estimate of drug-likeness (QED) is 0.310. The molecule has 34 heavy (non-hydrogen) atoms. The summed E-state index contributed by atoms with van der Waals surface area (Å²) >= 11 is 7.39. The predicted octanol–water partition coefficient (Wildman–Crippen LogP) is 5.85. The van der Waals surface area contributed by atoms with Crippen LogP contribution < -0.4 is 10.1 Å². The van der Waals surface area contributed by atoms with E-state index < -0.39 is 0 Å². The van der Waals surface area contributed by atoms with Crippen LogP contribution >= 0.6 is 23.4 Å². The average Bonchev–Trinajstić information content (AvgIpc) is 3.27. The van der Waals surface area contributed by atoms with Crippen LogP contribution in [0.25, 0.3) is 17.1 Å². The lowest BCUT2D eigenvalue weighted by molar-refractivity contribution is -0.113. The Morgan fingerprint density at radius 1 is 1.15 bits per heavy atom. The van der Waals surface area contributed by atoms with Crippen molar-refractivity contribution < 1.29 is 9.53 Å². The zero-order valence-electron chi connectivity index (χ0n) is 19.0. The molecule has 2 aromatic carbocycles. The number of ether oxygens (including phenoxy) is 1. The second kappa shape index (κ2) is 10.7. The molecular formula is C25H24ClN5O2S. The predicted molar refractivity (Wildman–Crippen MR) is 136 cm³/mol. The van der Waals surface area contributed by atoms with E-state index in [-0.39, 0.29) is 17.6 Å². The molecule has 2 heterocycles. The van der Waals surface area contributed by atoms with Crippen LogP contribution in [0.15, 0.2) is 72.1 Å². The standard InChI is InChI=1S/C25H24ClN5O2S/c1-16(2)19-8-4-5-9-21(19)31-24(17-7-6-12-27-14-17)29-30-25(31)34-15-23(32)28-20-13-18(26)10-11-22(20)33-3/h4-14,16H,15H2,1-3H3,(H,28,32). The molecule has 0 aliphatic rings. The van der Waals surface area contributed by atoms with Crippen LogP contribution in [0, 0.1) is 0 Å².